The highest BCUT2D eigenvalue weighted by Gasteiger charge is 2.26. The molecule has 3 N–H and O–H groups in total. The maximum absolute atomic E-state index is 7.56. The summed E-state index contributed by atoms with van der Waals surface area (Å²) in [6, 6.07) is 0.230. The number of rotatable bonds is 4. The van der Waals surface area contributed by atoms with E-state index in [0.717, 1.165) is 18.6 Å². The van der Waals surface area contributed by atoms with E-state index in [1.54, 1.807) is 0 Å². The van der Waals surface area contributed by atoms with Crippen molar-refractivity contribution in [1.29, 1.82) is 5.41 Å². The van der Waals surface area contributed by atoms with E-state index in [-0.39, 0.29) is 6.04 Å². The van der Waals surface area contributed by atoms with Crippen LogP contribution >= 0.6 is 0 Å². The molecular weight excluding hydrogens is 124 g/mol. The molecule has 1 aliphatic rings. The molecule has 1 atom stereocenters. The summed E-state index contributed by atoms with van der Waals surface area (Å²) in [5.74, 6) is 0.609. The van der Waals surface area contributed by atoms with Crippen LogP contribution in [-0.2, 0) is 0 Å². The molecule has 1 saturated carbocycles. The molecule has 1 fully saturated rings. The van der Waals surface area contributed by atoms with Crippen molar-refractivity contribution in [2.24, 2.45) is 11.7 Å². The van der Waals surface area contributed by atoms with E-state index in [2.05, 4.69) is 6.92 Å². The van der Waals surface area contributed by atoms with E-state index in [1.165, 1.54) is 12.8 Å². The maximum Gasteiger partial charge on any atom is 0.0135 e. The summed E-state index contributed by atoms with van der Waals surface area (Å²) in [6.45, 7) is 2.07. The highest BCUT2D eigenvalue weighted by molar-refractivity contribution is 5.86. The SMILES string of the molecule is CCC(N)CC(=N)C1CC1. The van der Waals surface area contributed by atoms with Crippen LogP contribution in [0.5, 0.6) is 0 Å². The second-order valence-electron chi connectivity index (χ2n) is 3.17. The van der Waals surface area contributed by atoms with Gasteiger partial charge >= 0.3 is 0 Å². The van der Waals surface area contributed by atoms with Gasteiger partial charge in [0.25, 0.3) is 0 Å². The lowest BCUT2D eigenvalue weighted by Crippen LogP contribution is -2.22. The van der Waals surface area contributed by atoms with Gasteiger partial charge in [-0.15, -0.1) is 0 Å². The van der Waals surface area contributed by atoms with Gasteiger partial charge in [0.15, 0.2) is 0 Å². The first-order valence-electron chi connectivity index (χ1n) is 4.07. The molecule has 0 heterocycles. The van der Waals surface area contributed by atoms with Crippen molar-refractivity contribution in [1.82, 2.24) is 0 Å². The fourth-order valence-electron chi connectivity index (χ4n) is 1.03. The lowest BCUT2D eigenvalue weighted by molar-refractivity contribution is 0.666. The van der Waals surface area contributed by atoms with Gasteiger partial charge in [0.05, 0.1) is 0 Å². The van der Waals surface area contributed by atoms with Crippen molar-refractivity contribution in [2.45, 2.75) is 38.6 Å². The molecule has 2 nitrogen and oxygen atoms in total. The Morgan fingerprint density at radius 3 is 2.70 bits per heavy atom. The Kier molecular flexibility index (Phi) is 2.44. The van der Waals surface area contributed by atoms with Crippen LogP contribution in [-0.4, -0.2) is 11.8 Å². The molecule has 1 rings (SSSR count). The van der Waals surface area contributed by atoms with Crippen molar-refractivity contribution >= 4 is 5.71 Å². The molecule has 1 aliphatic carbocycles. The van der Waals surface area contributed by atoms with E-state index in [1.807, 2.05) is 0 Å². The summed E-state index contributed by atoms with van der Waals surface area (Å²) in [4.78, 5) is 0. The van der Waals surface area contributed by atoms with Gasteiger partial charge in [0.2, 0.25) is 0 Å². The van der Waals surface area contributed by atoms with Gasteiger partial charge in [0.1, 0.15) is 0 Å². The van der Waals surface area contributed by atoms with Crippen molar-refractivity contribution in [3.63, 3.8) is 0 Å². The fourth-order valence-corrected chi connectivity index (χ4v) is 1.03. The van der Waals surface area contributed by atoms with E-state index >= 15 is 0 Å². The van der Waals surface area contributed by atoms with Gasteiger partial charge in [-0.3, -0.25) is 0 Å². The van der Waals surface area contributed by atoms with Crippen LogP contribution in [0.3, 0.4) is 0 Å². The number of hydrogen-bond donors (Lipinski definition) is 2. The zero-order valence-corrected chi connectivity index (χ0v) is 6.56. The molecule has 2 heteroatoms. The molecule has 0 aromatic heterocycles. The largest absolute Gasteiger partial charge is 0.327 e. The molecule has 0 aromatic carbocycles. The van der Waals surface area contributed by atoms with E-state index in [9.17, 15) is 0 Å². The quantitative estimate of drug-likeness (QED) is 0.572. The van der Waals surface area contributed by atoms with E-state index < -0.39 is 0 Å². The summed E-state index contributed by atoms with van der Waals surface area (Å²) in [7, 11) is 0. The van der Waals surface area contributed by atoms with Gasteiger partial charge in [-0.05, 0) is 25.2 Å². The molecule has 0 spiro atoms. The normalized spacial score (nSPS) is 20.6. The molecule has 0 amide bonds. The minimum Gasteiger partial charge on any atom is -0.327 e. The Morgan fingerprint density at radius 2 is 2.30 bits per heavy atom. The maximum atomic E-state index is 7.56. The lowest BCUT2D eigenvalue weighted by Gasteiger charge is -2.07. The van der Waals surface area contributed by atoms with Gasteiger partial charge in [0, 0.05) is 18.2 Å². The molecule has 0 aliphatic heterocycles. The average molecular weight is 140 g/mol. The molecule has 0 aromatic rings. The zero-order valence-electron chi connectivity index (χ0n) is 6.56. The topological polar surface area (TPSA) is 49.9 Å². The summed E-state index contributed by atoms with van der Waals surface area (Å²) in [5.41, 5.74) is 6.58. The number of nitrogens with one attached hydrogen (secondary N) is 1. The molecule has 0 saturated heterocycles. The smallest absolute Gasteiger partial charge is 0.0135 e. The van der Waals surface area contributed by atoms with E-state index in [4.69, 9.17) is 11.1 Å². The summed E-state index contributed by atoms with van der Waals surface area (Å²) < 4.78 is 0. The van der Waals surface area contributed by atoms with Crippen LogP contribution in [0.4, 0.5) is 0 Å². The Balaban J connectivity index is 2.16. The van der Waals surface area contributed by atoms with Gasteiger partial charge < -0.3 is 11.1 Å². The first kappa shape index (κ1) is 7.73. The van der Waals surface area contributed by atoms with Gasteiger partial charge in [-0.2, -0.15) is 0 Å². The standard InChI is InChI=1S/C8H16N2/c1-2-7(9)5-8(10)6-3-4-6/h6-7,10H,2-5,9H2,1H3. The first-order valence-corrected chi connectivity index (χ1v) is 4.07. The Morgan fingerprint density at radius 1 is 1.70 bits per heavy atom. The molecule has 0 radical (unpaired) electrons. The predicted molar refractivity (Wildman–Crippen MR) is 43.3 cm³/mol. The monoisotopic (exact) mass is 140 g/mol. The Hall–Kier alpha value is -0.370. The van der Waals surface area contributed by atoms with Gasteiger partial charge in [-0.1, -0.05) is 6.92 Å². The van der Waals surface area contributed by atoms with Crippen LogP contribution < -0.4 is 5.73 Å². The summed E-state index contributed by atoms with van der Waals surface area (Å²) in [5, 5.41) is 7.56. The molecule has 0 bridgehead atoms. The van der Waals surface area contributed by atoms with Crippen molar-refractivity contribution in [2.75, 3.05) is 0 Å². The third-order valence-corrected chi connectivity index (χ3v) is 2.08. The second kappa shape index (κ2) is 3.15. The number of hydrogen-bond acceptors (Lipinski definition) is 2. The van der Waals surface area contributed by atoms with Crippen molar-refractivity contribution < 1.29 is 0 Å². The fraction of sp³-hybridized carbons (Fsp3) is 0.875. The van der Waals surface area contributed by atoms with Crippen LogP contribution in [0.15, 0.2) is 0 Å². The van der Waals surface area contributed by atoms with Crippen LogP contribution in [0, 0.1) is 11.3 Å². The molecular formula is C8H16N2. The van der Waals surface area contributed by atoms with E-state index in [0.29, 0.717) is 5.92 Å². The lowest BCUT2D eigenvalue weighted by atomic mass is 10.1. The molecule has 58 valence electrons. The summed E-state index contributed by atoms with van der Waals surface area (Å²) >= 11 is 0. The highest BCUT2D eigenvalue weighted by atomic mass is 14.6. The molecule has 1 unspecified atom stereocenters. The van der Waals surface area contributed by atoms with Crippen molar-refractivity contribution in [3.05, 3.63) is 0 Å². The summed E-state index contributed by atoms with van der Waals surface area (Å²) in [6.07, 6.45) is 4.28. The first-order chi connectivity index (χ1) is 4.74. The second-order valence-corrected chi connectivity index (χ2v) is 3.17. The minimum atomic E-state index is 0.230. The van der Waals surface area contributed by atoms with Crippen molar-refractivity contribution in [3.8, 4) is 0 Å². The number of nitrogens with two attached hydrogens (primary N) is 1. The highest BCUT2D eigenvalue weighted by Crippen LogP contribution is 2.31. The average Bonchev–Trinajstić information content (AvgIpc) is 2.68. The zero-order chi connectivity index (χ0) is 7.56. The van der Waals surface area contributed by atoms with Crippen LogP contribution in [0.25, 0.3) is 0 Å². The van der Waals surface area contributed by atoms with Crippen LogP contribution in [0.1, 0.15) is 32.6 Å². The Bertz CT molecular complexity index is 127. The third-order valence-electron chi connectivity index (χ3n) is 2.08. The van der Waals surface area contributed by atoms with Gasteiger partial charge in [-0.25, -0.2) is 0 Å². The predicted octanol–water partition coefficient (Wildman–Crippen LogP) is 1.54. The van der Waals surface area contributed by atoms with Crippen LogP contribution in [0.2, 0.25) is 0 Å². The molecule has 10 heavy (non-hydrogen) atoms. The third kappa shape index (κ3) is 2.10. The Labute approximate surface area is 62.3 Å². The minimum absolute atomic E-state index is 0.230.